The lowest BCUT2D eigenvalue weighted by Crippen LogP contribution is -2.23. The molecule has 1 atom stereocenters. The van der Waals surface area contributed by atoms with E-state index < -0.39 is 6.10 Å². The van der Waals surface area contributed by atoms with Crippen molar-refractivity contribution in [1.82, 2.24) is 4.98 Å². The van der Waals surface area contributed by atoms with Gasteiger partial charge in [-0.1, -0.05) is 18.2 Å². The maximum Gasteiger partial charge on any atom is 0.0972 e. The van der Waals surface area contributed by atoms with Gasteiger partial charge in [0, 0.05) is 17.0 Å². The molecule has 0 saturated heterocycles. The molecule has 1 heterocycles. The summed E-state index contributed by atoms with van der Waals surface area (Å²) in [6.07, 6.45) is 0.791. The molecule has 0 aliphatic rings. The fraction of sp³-hybridized carbons (Fsp3) is 0.438. The third-order valence-corrected chi connectivity index (χ3v) is 4.23. The Labute approximate surface area is 128 Å². The number of hydrogen-bond acceptors (Lipinski definition) is 3. The van der Waals surface area contributed by atoms with Crippen molar-refractivity contribution in [2.75, 3.05) is 7.11 Å². The molecule has 20 heavy (non-hydrogen) atoms. The number of fused-ring (bicyclic) bond motifs is 1. The molecule has 0 aliphatic heterocycles. The molecular weight excluding hydrogens is 318 g/mol. The molecule has 4 heteroatoms. The number of aliphatic hydroxyl groups excluding tert-OH is 1. The van der Waals surface area contributed by atoms with Gasteiger partial charge >= 0.3 is 0 Å². The first-order chi connectivity index (χ1) is 9.43. The summed E-state index contributed by atoms with van der Waals surface area (Å²) in [4.78, 5) is 4.56. The van der Waals surface area contributed by atoms with Gasteiger partial charge in [-0.15, -0.1) is 0 Å². The van der Waals surface area contributed by atoms with Crippen LogP contribution < -0.4 is 0 Å². The van der Waals surface area contributed by atoms with Gasteiger partial charge in [0.1, 0.15) is 0 Å². The summed E-state index contributed by atoms with van der Waals surface area (Å²) in [6, 6.07) is 9.90. The van der Waals surface area contributed by atoms with Crippen LogP contribution in [0.15, 0.2) is 34.8 Å². The normalized spacial score (nSPS) is 13.7. The SMILES string of the molecule is COC(C)(C)CCC(O)c1nc2ccccc2cc1Br. The van der Waals surface area contributed by atoms with Crippen LogP contribution in [0.5, 0.6) is 0 Å². The summed E-state index contributed by atoms with van der Waals surface area (Å²) in [5, 5.41) is 11.4. The number of nitrogens with zero attached hydrogens (tertiary/aromatic N) is 1. The summed E-state index contributed by atoms with van der Waals surface area (Å²) < 4.78 is 6.23. The Morgan fingerprint density at radius 2 is 2.05 bits per heavy atom. The van der Waals surface area contributed by atoms with Crippen LogP contribution in [-0.2, 0) is 4.74 Å². The van der Waals surface area contributed by atoms with E-state index in [1.54, 1.807) is 7.11 Å². The summed E-state index contributed by atoms with van der Waals surface area (Å²) in [6.45, 7) is 4.03. The predicted molar refractivity (Wildman–Crippen MR) is 84.7 cm³/mol. The minimum absolute atomic E-state index is 0.232. The Balaban J connectivity index is 2.21. The van der Waals surface area contributed by atoms with Crippen molar-refractivity contribution in [2.45, 2.75) is 38.4 Å². The van der Waals surface area contributed by atoms with E-state index in [1.807, 2.05) is 44.2 Å². The summed E-state index contributed by atoms with van der Waals surface area (Å²) >= 11 is 3.50. The van der Waals surface area contributed by atoms with Crippen LogP contribution in [0.25, 0.3) is 10.9 Å². The average molecular weight is 338 g/mol. The van der Waals surface area contributed by atoms with E-state index in [0.717, 1.165) is 21.8 Å². The highest BCUT2D eigenvalue weighted by Crippen LogP contribution is 2.30. The molecule has 0 saturated carbocycles. The van der Waals surface area contributed by atoms with Crippen molar-refractivity contribution in [3.63, 3.8) is 0 Å². The molecule has 3 nitrogen and oxygen atoms in total. The predicted octanol–water partition coefficient (Wildman–Crippen LogP) is 4.24. The Morgan fingerprint density at radius 3 is 2.75 bits per heavy atom. The second kappa shape index (κ2) is 6.20. The van der Waals surface area contributed by atoms with E-state index >= 15 is 0 Å². The van der Waals surface area contributed by atoms with Crippen molar-refractivity contribution >= 4 is 26.8 Å². The van der Waals surface area contributed by atoms with Crippen molar-refractivity contribution in [3.05, 3.63) is 40.5 Å². The fourth-order valence-electron chi connectivity index (χ4n) is 2.06. The number of aliphatic hydroxyl groups is 1. The number of para-hydroxylation sites is 1. The molecule has 1 aromatic heterocycles. The first-order valence-electron chi connectivity index (χ1n) is 6.71. The van der Waals surface area contributed by atoms with Crippen molar-refractivity contribution in [2.24, 2.45) is 0 Å². The third kappa shape index (κ3) is 3.57. The second-order valence-electron chi connectivity index (χ2n) is 5.57. The number of hydrogen-bond donors (Lipinski definition) is 1. The van der Waals surface area contributed by atoms with Gasteiger partial charge in [0.25, 0.3) is 0 Å². The van der Waals surface area contributed by atoms with E-state index in [1.165, 1.54) is 0 Å². The van der Waals surface area contributed by atoms with Crippen LogP contribution >= 0.6 is 15.9 Å². The van der Waals surface area contributed by atoms with Crippen LogP contribution in [-0.4, -0.2) is 22.8 Å². The third-order valence-electron chi connectivity index (χ3n) is 3.59. The van der Waals surface area contributed by atoms with E-state index in [-0.39, 0.29) is 5.60 Å². The highest BCUT2D eigenvalue weighted by atomic mass is 79.9. The zero-order chi connectivity index (χ0) is 14.8. The number of pyridine rings is 1. The Morgan fingerprint density at radius 1 is 1.35 bits per heavy atom. The zero-order valence-electron chi connectivity index (χ0n) is 12.1. The average Bonchev–Trinajstić information content (AvgIpc) is 2.44. The van der Waals surface area contributed by atoms with Gasteiger partial charge < -0.3 is 9.84 Å². The lowest BCUT2D eigenvalue weighted by Gasteiger charge is -2.24. The van der Waals surface area contributed by atoms with Gasteiger partial charge in [0.15, 0.2) is 0 Å². The maximum atomic E-state index is 10.4. The van der Waals surface area contributed by atoms with E-state index in [0.29, 0.717) is 12.1 Å². The monoisotopic (exact) mass is 337 g/mol. The molecule has 108 valence electrons. The molecular formula is C16H20BrNO2. The second-order valence-corrected chi connectivity index (χ2v) is 6.42. The van der Waals surface area contributed by atoms with Crippen molar-refractivity contribution < 1.29 is 9.84 Å². The zero-order valence-corrected chi connectivity index (χ0v) is 13.6. The molecule has 1 aromatic carbocycles. The number of aromatic nitrogens is 1. The summed E-state index contributed by atoms with van der Waals surface area (Å²) in [7, 11) is 1.69. The minimum atomic E-state index is -0.594. The number of rotatable bonds is 5. The van der Waals surface area contributed by atoms with Gasteiger partial charge in [0.2, 0.25) is 0 Å². The van der Waals surface area contributed by atoms with Crippen LogP contribution in [0.4, 0.5) is 0 Å². The molecule has 2 aromatic rings. The number of halogens is 1. The van der Waals surface area contributed by atoms with Crippen molar-refractivity contribution in [1.29, 1.82) is 0 Å². The number of benzene rings is 1. The van der Waals surface area contributed by atoms with Gasteiger partial charge in [-0.3, -0.25) is 0 Å². The van der Waals surface area contributed by atoms with Crippen LogP contribution in [0.1, 0.15) is 38.5 Å². The first-order valence-corrected chi connectivity index (χ1v) is 7.50. The molecule has 1 N–H and O–H groups in total. The lowest BCUT2D eigenvalue weighted by molar-refractivity contribution is 0.00237. The Bertz CT molecular complexity index is 598. The molecule has 0 radical (unpaired) electrons. The van der Waals surface area contributed by atoms with Crippen LogP contribution in [0.2, 0.25) is 0 Å². The van der Waals surface area contributed by atoms with Gasteiger partial charge in [0.05, 0.1) is 22.9 Å². The standard InChI is InChI=1S/C16H20BrNO2/c1-16(2,20-3)9-8-14(19)15-12(17)10-11-6-4-5-7-13(11)18-15/h4-7,10,14,19H,8-9H2,1-3H3. The molecule has 0 bridgehead atoms. The summed E-state index contributed by atoms with van der Waals surface area (Å²) in [5.41, 5.74) is 1.36. The van der Waals surface area contributed by atoms with Crippen LogP contribution in [0.3, 0.4) is 0 Å². The smallest absolute Gasteiger partial charge is 0.0972 e. The van der Waals surface area contributed by atoms with Gasteiger partial charge in [-0.25, -0.2) is 4.98 Å². The molecule has 2 rings (SSSR count). The number of ether oxygens (including phenoxy) is 1. The van der Waals surface area contributed by atoms with Gasteiger partial charge in [-0.2, -0.15) is 0 Å². The molecule has 1 unspecified atom stereocenters. The highest BCUT2D eigenvalue weighted by molar-refractivity contribution is 9.10. The van der Waals surface area contributed by atoms with E-state index in [2.05, 4.69) is 20.9 Å². The van der Waals surface area contributed by atoms with Gasteiger partial charge in [-0.05, 0) is 54.8 Å². The lowest BCUT2D eigenvalue weighted by atomic mass is 9.98. The maximum absolute atomic E-state index is 10.4. The van der Waals surface area contributed by atoms with Crippen LogP contribution in [0, 0.1) is 0 Å². The Kier molecular flexibility index (Phi) is 4.78. The quantitative estimate of drug-likeness (QED) is 0.887. The molecule has 0 aliphatic carbocycles. The molecule has 0 spiro atoms. The molecule has 0 fully saturated rings. The number of methoxy groups -OCH3 is 1. The molecule has 0 amide bonds. The Hall–Kier alpha value is -0.970. The minimum Gasteiger partial charge on any atom is -0.387 e. The topological polar surface area (TPSA) is 42.4 Å². The fourth-order valence-corrected chi connectivity index (χ4v) is 2.66. The first kappa shape index (κ1) is 15.4. The van der Waals surface area contributed by atoms with Crippen molar-refractivity contribution in [3.8, 4) is 0 Å². The highest BCUT2D eigenvalue weighted by Gasteiger charge is 2.21. The van der Waals surface area contributed by atoms with E-state index in [4.69, 9.17) is 4.74 Å². The summed E-state index contributed by atoms with van der Waals surface area (Å²) in [5.74, 6) is 0. The van der Waals surface area contributed by atoms with E-state index in [9.17, 15) is 5.11 Å². The largest absolute Gasteiger partial charge is 0.387 e.